The van der Waals surface area contributed by atoms with Crippen molar-refractivity contribution in [3.8, 4) is 0 Å². The number of rotatable bonds is 2. The average Bonchev–Trinajstić information content (AvgIpc) is 2.27. The smallest absolute Gasteiger partial charge is 0.190 e. The highest BCUT2D eigenvalue weighted by Crippen LogP contribution is 2.26. The van der Waals surface area contributed by atoms with E-state index in [0.717, 1.165) is 29.3 Å². The van der Waals surface area contributed by atoms with Crippen molar-refractivity contribution in [2.45, 2.75) is 38.5 Å². The fourth-order valence-electron chi connectivity index (χ4n) is 2.24. The van der Waals surface area contributed by atoms with Crippen LogP contribution in [0.25, 0.3) is 0 Å². The summed E-state index contributed by atoms with van der Waals surface area (Å²) >= 11 is 9.49. The summed E-state index contributed by atoms with van der Waals surface area (Å²) in [5.41, 5.74) is 1.55. The quantitative estimate of drug-likeness (QED) is 0.649. The van der Waals surface area contributed by atoms with Crippen LogP contribution in [0.1, 0.15) is 48.9 Å². The molecule has 1 aromatic carbocycles. The Hall–Kier alpha value is -0.600. The van der Waals surface area contributed by atoms with Gasteiger partial charge in [-0.2, -0.15) is 0 Å². The van der Waals surface area contributed by atoms with Gasteiger partial charge >= 0.3 is 0 Å². The van der Waals surface area contributed by atoms with Crippen molar-refractivity contribution in [2.75, 3.05) is 0 Å². The molecule has 1 aromatic rings. The Labute approximate surface area is 121 Å². The van der Waals surface area contributed by atoms with Gasteiger partial charge in [-0.05, 0) is 49.5 Å². The van der Waals surface area contributed by atoms with Crippen LogP contribution in [0.3, 0.4) is 0 Å². The molecule has 0 spiro atoms. The van der Waals surface area contributed by atoms with E-state index in [4.69, 9.17) is 11.6 Å². The summed E-state index contributed by atoms with van der Waals surface area (Å²) in [5, 5.41) is 0.525. The summed E-state index contributed by atoms with van der Waals surface area (Å²) in [6.07, 6.45) is 8.77. The molecule has 0 fully saturated rings. The topological polar surface area (TPSA) is 17.1 Å². The van der Waals surface area contributed by atoms with Gasteiger partial charge in [-0.3, -0.25) is 4.79 Å². The van der Waals surface area contributed by atoms with Gasteiger partial charge in [0.15, 0.2) is 5.78 Å². The van der Waals surface area contributed by atoms with Crippen LogP contribution in [0.4, 0.5) is 0 Å². The van der Waals surface area contributed by atoms with Crippen molar-refractivity contribution in [1.29, 1.82) is 0 Å². The zero-order valence-electron chi connectivity index (χ0n) is 10.2. The number of hydrogen-bond donors (Lipinski definition) is 0. The van der Waals surface area contributed by atoms with Crippen molar-refractivity contribution in [3.63, 3.8) is 0 Å². The lowest BCUT2D eigenvalue weighted by atomic mass is 9.94. The third-order valence-corrected chi connectivity index (χ3v) is 4.06. The molecule has 0 aliphatic heterocycles. The van der Waals surface area contributed by atoms with Crippen LogP contribution in [-0.4, -0.2) is 5.78 Å². The molecule has 3 heteroatoms. The molecule has 0 N–H and O–H groups in total. The van der Waals surface area contributed by atoms with Crippen LogP contribution < -0.4 is 0 Å². The molecule has 0 saturated carbocycles. The number of hydrogen-bond acceptors (Lipinski definition) is 1. The lowest BCUT2D eigenvalue weighted by molar-refractivity contribution is 0.102. The fraction of sp³-hybridized carbons (Fsp3) is 0.400. The zero-order valence-corrected chi connectivity index (χ0v) is 12.6. The molecule has 0 amide bonds. The minimum atomic E-state index is 0.0920. The second-order valence-corrected chi connectivity index (χ2v) is 5.96. The lowest BCUT2D eigenvalue weighted by Gasteiger charge is -2.11. The predicted octanol–water partition coefficient (Wildman–Crippen LogP) is 5.57. The normalized spacial score (nSPS) is 19.6. The molecule has 96 valence electrons. The number of Topliss-reactive ketones (excluding diaryl/α,β-unsaturated/α-hetero) is 1. The van der Waals surface area contributed by atoms with Crippen molar-refractivity contribution in [2.24, 2.45) is 0 Å². The van der Waals surface area contributed by atoms with Crippen LogP contribution in [-0.2, 0) is 0 Å². The molecule has 0 unspecified atom stereocenters. The average molecular weight is 328 g/mol. The fourth-order valence-corrected chi connectivity index (χ4v) is 3.00. The standard InChI is InChI=1S/C15H16BrClO/c16-12-8-9-13(14(17)10-12)15(18)11-6-4-2-1-3-5-7-11/h6,8-10H,1-5,7H2/b11-6+. The molecular formula is C15H16BrClO. The molecule has 0 heterocycles. The van der Waals surface area contributed by atoms with E-state index in [1.54, 1.807) is 12.1 Å². The first-order chi connectivity index (χ1) is 8.68. The van der Waals surface area contributed by atoms with Crippen LogP contribution in [0, 0.1) is 0 Å². The summed E-state index contributed by atoms with van der Waals surface area (Å²) in [4.78, 5) is 12.4. The van der Waals surface area contributed by atoms with Crippen molar-refractivity contribution >= 4 is 33.3 Å². The van der Waals surface area contributed by atoms with Crippen molar-refractivity contribution < 1.29 is 4.79 Å². The minimum Gasteiger partial charge on any atom is -0.289 e. The second kappa shape index (κ2) is 6.53. The van der Waals surface area contributed by atoms with Gasteiger partial charge in [0, 0.05) is 10.0 Å². The Kier molecular flexibility index (Phi) is 5.02. The molecular weight excluding hydrogens is 312 g/mol. The summed E-state index contributed by atoms with van der Waals surface area (Å²) in [6, 6.07) is 5.44. The Balaban J connectivity index is 2.23. The Morgan fingerprint density at radius 3 is 2.72 bits per heavy atom. The first-order valence-electron chi connectivity index (χ1n) is 6.37. The van der Waals surface area contributed by atoms with Crippen molar-refractivity contribution in [3.05, 3.63) is 44.9 Å². The highest BCUT2D eigenvalue weighted by atomic mass is 79.9. The Morgan fingerprint density at radius 2 is 1.94 bits per heavy atom. The largest absolute Gasteiger partial charge is 0.289 e. The zero-order chi connectivity index (χ0) is 13.0. The van der Waals surface area contributed by atoms with Gasteiger partial charge in [0.2, 0.25) is 0 Å². The van der Waals surface area contributed by atoms with E-state index in [2.05, 4.69) is 22.0 Å². The molecule has 1 nitrogen and oxygen atoms in total. The van der Waals surface area contributed by atoms with E-state index >= 15 is 0 Å². The number of benzene rings is 1. The van der Waals surface area contributed by atoms with E-state index in [9.17, 15) is 4.79 Å². The summed E-state index contributed by atoms with van der Waals surface area (Å²) in [7, 11) is 0. The van der Waals surface area contributed by atoms with E-state index in [0.29, 0.717) is 10.6 Å². The van der Waals surface area contributed by atoms with Gasteiger partial charge in [0.1, 0.15) is 0 Å². The summed E-state index contributed by atoms with van der Waals surface area (Å²) in [6.45, 7) is 0. The number of carbonyl (C=O) groups is 1. The maximum absolute atomic E-state index is 12.4. The van der Waals surface area contributed by atoms with Gasteiger partial charge in [0.05, 0.1) is 5.02 Å². The molecule has 1 aliphatic carbocycles. The number of ketones is 1. The lowest BCUT2D eigenvalue weighted by Crippen LogP contribution is -2.06. The molecule has 0 radical (unpaired) electrons. The molecule has 0 aromatic heterocycles. The molecule has 1 aliphatic rings. The third-order valence-electron chi connectivity index (χ3n) is 3.26. The first kappa shape index (κ1) is 13.8. The van der Waals surface area contributed by atoms with E-state index in [-0.39, 0.29) is 5.78 Å². The van der Waals surface area contributed by atoms with E-state index in [1.807, 2.05) is 6.07 Å². The van der Waals surface area contributed by atoms with Crippen LogP contribution in [0.2, 0.25) is 5.02 Å². The summed E-state index contributed by atoms with van der Waals surface area (Å²) < 4.78 is 0.899. The highest BCUT2D eigenvalue weighted by Gasteiger charge is 2.16. The number of allylic oxidation sites excluding steroid dienone is 2. The molecule has 18 heavy (non-hydrogen) atoms. The van der Waals surface area contributed by atoms with E-state index < -0.39 is 0 Å². The van der Waals surface area contributed by atoms with Crippen LogP contribution in [0.15, 0.2) is 34.3 Å². The molecule has 0 atom stereocenters. The third kappa shape index (κ3) is 3.46. The van der Waals surface area contributed by atoms with Gasteiger partial charge in [-0.15, -0.1) is 0 Å². The second-order valence-electron chi connectivity index (χ2n) is 4.64. The maximum Gasteiger partial charge on any atom is 0.190 e. The highest BCUT2D eigenvalue weighted by molar-refractivity contribution is 9.10. The van der Waals surface area contributed by atoms with Crippen LogP contribution in [0.5, 0.6) is 0 Å². The Bertz CT molecular complexity index is 479. The van der Waals surface area contributed by atoms with Gasteiger partial charge in [0.25, 0.3) is 0 Å². The number of carbonyl (C=O) groups excluding carboxylic acids is 1. The minimum absolute atomic E-state index is 0.0920. The maximum atomic E-state index is 12.4. The van der Waals surface area contributed by atoms with Gasteiger partial charge in [-0.1, -0.05) is 46.4 Å². The first-order valence-corrected chi connectivity index (χ1v) is 7.54. The van der Waals surface area contributed by atoms with E-state index in [1.165, 1.54) is 19.3 Å². The number of halogens is 2. The van der Waals surface area contributed by atoms with Crippen LogP contribution >= 0.6 is 27.5 Å². The monoisotopic (exact) mass is 326 g/mol. The molecule has 2 rings (SSSR count). The SMILES string of the molecule is O=C(/C1=C/CCCCCC1)c1ccc(Br)cc1Cl. The Morgan fingerprint density at radius 1 is 1.17 bits per heavy atom. The molecule has 0 saturated heterocycles. The predicted molar refractivity (Wildman–Crippen MR) is 79.3 cm³/mol. The summed E-state index contributed by atoms with van der Waals surface area (Å²) in [5.74, 6) is 0.0920. The molecule has 0 bridgehead atoms. The van der Waals surface area contributed by atoms with Gasteiger partial charge in [-0.25, -0.2) is 0 Å². The van der Waals surface area contributed by atoms with Crippen molar-refractivity contribution in [1.82, 2.24) is 0 Å². The van der Waals surface area contributed by atoms with Gasteiger partial charge < -0.3 is 0 Å².